The molecule has 2 rings (SSSR count). The van der Waals surface area contributed by atoms with Crippen LogP contribution in [0, 0.1) is 0 Å². The number of hydrogen-bond donors (Lipinski definition) is 2. The number of carbonyl (C=O) groups is 2. The lowest BCUT2D eigenvalue weighted by Crippen LogP contribution is -2.46. The summed E-state index contributed by atoms with van der Waals surface area (Å²) in [5, 5.41) is 2.38. The minimum atomic E-state index is -4.08. The van der Waals surface area contributed by atoms with Gasteiger partial charge in [0.15, 0.2) is 0 Å². The molecule has 0 fully saturated rings. The first-order valence-electron chi connectivity index (χ1n) is 6.87. The maximum atomic E-state index is 12.2. The Balaban J connectivity index is 2.05. The number of hydrogen-bond acceptors (Lipinski definition) is 6. The molecular weight excluding hydrogens is 336 g/mol. The molecule has 0 aliphatic rings. The van der Waals surface area contributed by atoms with Gasteiger partial charge in [0.05, 0.1) is 23.8 Å². The Kier molecular flexibility index (Phi) is 5.24. The zero-order valence-electron chi connectivity index (χ0n) is 13.0. The van der Waals surface area contributed by atoms with Crippen LogP contribution in [-0.2, 0) is 14.8 Å². The van der Waals surface area contributed by atoms with Crippen molar-refractivity contribution in [1.29, 1.82) is 0 Å². The summed E-state index contributed by atoms with van der Waals surface area (Å²) >= 11 is 0. The van der Waals surface area contributed by atoms with Crippen molar-refractivity contribution < 1.29 is 27.2 Å². The molecule has 1 aromatic carbocycles. The van der Waals surface area contributed by atoms with Crippen LogP contribution in [-0.4, -0.2) is 33.4 Å². The topological polar surface area (TPSA) is 115 Å². The van der Waals surface area contributed by atoms with Crippen LogP contribution in [0.3, 0.4) is 0 Å². The Bertz CT molecular complexity index is 829. The van der Waals surface area contributed by atoms with Crippen molar-refractivity contribution in [2.45, 2.75) is 17.9 Å². The summed E-state index contributed by atoms with van der Waals surface area (Å²) in [6.07, 6.45) is 2.53. The molecule has 128 valence electrons. The molecule has 0 bridgehead atoms. The summed E-state index contributed by atoms with van der Waals surface area (Å²) in [6.45, 7) is 1.37. The Morgan fingerprint density at radius 2 is 2.00 bits per heavy atom. The third kappa shape index (κ3) is 4.13. The molecule has 1 heterocycles. The van der Waals surface area contributed by atoms with E-state index in [1.807, 2.05) is 4.72 Å². The minimum Gasteiger partial charge on any atom is -0.497 e. The third-order valence-corrected chi connectivity index (χ3v) is 4.46. The maximum absolute atomic E-state index is 12.2. The summed E-state index contributed by atoms with van der Waals surface area (Å²) in [5.74, 6) is -1.08. The highest BCUT2D eigenvalue weighted by Crippen LogP contribution is 2.16. The second-order valence-corrected chi connectivity index (χ2v) is 6.54. The molecule has 0 aliphatic heterocycles. The first-order valence-corrected chi connectivity index (χ1v) is 8.35. The Hall–Kier alpha value is -2.81. The first-order chi connectivity index (χ1) is 11.3. The van der Waals surface area contributed by atoms with E-state index in [0.717, 1.165) is 0 Å². The van der Waals surface area contributed by atoms with Gasteiger partial charge in [0.25, 0.3) is 21.8 Å². The molecule has 0 aliphatic carbocycles. The number of methoxy groups -OCH3 is 1. The van der Waals surface area contributed by atoms with E-state index in [4.69, 9.17) is 9.15 Å². The average molecular weight is 352 g/mol. The van der Waals surface area contributed by atoms with Gasteiger partial charge in [-0.1, -0.05) is 6.07 Å². The monoisotopic (exact) mass is 352 g/mol. The van der Waals surface area contributed by atoms with Crippen LogP contribution in [0.2, 0.25) is 0 Å². The third-order valence-electron chi connectivity index (χ3n) is 3.11. The average Bonchev–Trinajstić information content (AvgIpc) is 3.09. The fourth-order valence-electron chi connectivity index (χ4n) is 1.79. The van der Waals surface area contributed by atoms with Gasteiger partial charge in [-0.05, 0) is 25.1 Å². The van der Waals surface area contributed by atoms with Gasteiger partial charge in [0.2, 0.25) is 0 Å². The smallest absolute Gasteiger partial charge is 0.264 e. The van der Waals surface area contributed by atoms with Crippen molar-refractivity contribution in [3.05, 3.63) is 48.4 Å². The molecule has 2 amide bonds. The first kappa shape index (κ1) is 17.5. The highest BCUT2D eigenvalue weighted by Gasteiger charge is 2.23. The number of nitrogens with one attached hydrogen (secondary N) is 2. The van der Waals surface area contributed by atoms with Crippen LogP contribution < -0.4 is 14.8 Å². The molecule has 2 N–H and O–H groups in total. The quantitative estimate of drug-likeness (QED) is 0.799. The summed E-state index contributed by atoms with van der Waals surface area (Å²) < 4.78 is 36.1. The second kappa shape index (κ2) is 7.18. The van der Waals surface area contributed by atoms with E-state index in [1.165, 1.54) is 50.8 Å². The van der Waals surface area contributed by atoms with Crippen molar-refractivity contribution in [1.82, 2.24) is 10.0 Å². The van der Waals surface area contributed by atoms with E-state index in [2.05, 4.69) is 5.32 Å². The predicted molar refractivity (Wildman–Crippen MR) is 84.0 cm³/mol. The van der Waals surface area contributed by atoms with Gasteiger partial charge < -0.3 is 14.5 Å². The summed E-state index contributed by atoms with van der Waals surface area (Å²) in [7, 11) is -2.68. The Labute approximate surface area is 138 Å². The molecule has 9 heteroatoms. The Morgan fingerprint density at radius 1 is 1.25 bits per heavy atom. The number of carbonyl (C=O) groups excluding carboxylic acids is 2. The largest absolute Gasteiger partial charge is 0.497 e. The summed E-state index contributed by atoms with van der Waals surface area (Å²) in [5.41, 5.74) is 0.227. The Morgan fingerprint density at radius 3 is 2.62 bits per heavy atom. The zero-order valence-corrected chi connectivity index (χ0v) is 13.8. The van der Waals surface area contributed by atoms with Crippen molar-refractivity contribution in [3.8, 4) is 5.75 Å². The standard InChI is InChI=1S/C15H16N2O6S/c1-10(16-15(19)11-6-7-23-9-11)14(18)17-24(20,21)13-5-3-4-12(8-13)22-2/h3-10H,1-2H3,(H,16,19)(H,17,18). The van der Waals surface area contributed by atoms with Crippen molar-refractivity contribution in [2.75, 3.05) is 7.11 Å². The number of furan rings is 1. The predicted octanol–water partition coefficient (Wildman–Crippen LogP) is 0.912. The molecule has 0 saturated heterocycles. The molecule has 0 radical (unpaired) electrons. The van der Waals surface area contributed by atoms with Crippen LogP contribution >= 0.6 is 0 Å². The van der Waals surface area contributed by atoms with Crippen LogP contribution in [0.15, 0.2) is 52.2 Å². The molecular formula is C15H16N2O6S. The summed E-state index contributed by atoms with van der Waals surface area (Å²) in [6, 6.07) is 6.04. The van der Waals surface area contributed by atoms with Gasteiger partial charge in [0, 0.05) is 6.07 Å². The fourth-order valence-corrected chi connectivity index (χ4v) is 2.88. The summed E-state index contributed by atoms with van der Waals surface area (Å²) in [4.78, 5) is 23.7. The molecule has 2 aromatic rings. The lowest BCUT2D eigenvalue weighted by atomic mass is 10.2. The molecule has 1 aromatic heterocycles. The number of amides is 2. The lowest BCUT2D eigenvalue weighted by molar-refractivity contribution is -0.120. The minimum absolute atomic E-state index is 0.122. The molecule has 1 atom stereocenters. The van der Waals surface area contributed by atoms with Gasteiger partial charge in [-0.15, -0.1) is 0 Å². The fraction of sp³-hybridized carbons (Fsp3) is 0.200. The van der Waals surface area contributed by atoms with Gasteiger partial charge in [-0.3, -0.25) is 9.59 Å². The van der Waals surface area contributed by atoms with Crippen molar-refractivity contribution >= 4 is 21.8 Å². The van der Waals surface area contributed by atoms with Gasteiger partial charge in [-0.25, -0.2) is 13.1 Å². The number of ether oxygens (including phenoxy) is 1. The number of rotatable bonds is 6. The van der Waals surface area contributed by atoms with E-state index in [1.54, 1.807) is 6.07 Å². The van der Waals surface area contributed by atoms with E-state index in [-0.39, 0.29) is 10.5 Å². The molecule has 8 nitrogen and oxygen atoms in total. The van der Waals surface area contributed by atoms with Gasteiger partial charge >= 0.3 is 0 Å². The van der Waals surface area contributed by atoms with Crippen molar-refractivity contribution in [2.24, 2.45) is 0 Å². The molecule has 0 saturated carbocycles. The zero-order chi connectivity index (χ0) is 17.7. The van der Waals surface area contributed by atoms with Crippen LogP contribution in [0.1, 0.15) is 17.3 Å². The van der Waals surface area contributed by atoms with E-state index in [9.17, 15) is 18.0 Å². The van der Waals surface area contributed by atoms with Crippen LogP contribution in [0.5, 0.6) is 5.75 Å². The highest BCUT2D eigenvalue weighted by molar-refractivity contribution is 7.90. The molecule has 1 unspecified atom stereocenters. The van der Waals surface area contributed by atoms with E-state index >= 15 is 0 Å². The highest BCUT2D eigenvalue weighted by atomic mass is 32.2. The number of sulfonamides is 1. The normalized spacial score (nSPS) is 12.2. The second-order valence-electron chi connectivity index (χ2n) is 4.86. The SMILES string of the molecule is COc1cccc(S(=O)(=O)NC(=O)C(C)NC(=O)c2ccoc2)c1. The molecule has 0 spiro atoms. The lowest BCUT2D eigenvalue weighted by Gasteiger charge is -2.14. The van der Waals surface area contributed by atoms with E-state index < -0.39 is 27.9 Å². The maximum Gasteiger partial charge on any atom is 0.264 e. The van der Waals surface area contributed by atoms with Crippen molar-refractivity contribution in [3.63, 3.8) is 0 Å². The van der Waals surface area contributed by atoms with Gasteiger partial charge in [-0.2, -0.15) is 0 Å². The molecule has 24 heavy (non-hydrogen) atoms. The number of benzene rings is 1. The van der Waals surface area contributed by atoms with Crippen LogP contribution in [0.25, 0.3) is 0 Å². The van der Waals surface area contributed by atoms with E-state index in [0.29, 0.717) is 5.75 Å². The van der Waals surface area contributed by atoms with Crippen LogP contribution in [0.4, 0.5) is 0 Å². The van der Waals surface area contributed by atoms with Gasteiger partial charge in [0.1, 0.15) is 18.1 Å².